The van der Waals surface area contributed by atoms with Gasteiger partial charge in [0.1, 0.15) is 0 Å². The molecule has 0 aromatic heterocycles. The SMILES string of the molecule is CCCCC(CC)CCNCCC(N)=O. The quantitative estimate of drug-likeness (QED) is 0.547. The number of carbonyl (C=O) groups excluding carboxylic acids is 1. The Morgan fingerprint density at radius 3 is 2.53 bits per heavy atom. The average Bonchev–Trinajstić information content (AvgIpc) is 2.21. The van der Waals surface area contributed by atoms with Crippen LogP contribution < -0.4 is 11.1 Å². The highest BCUT2D eigenvalue weighted by Gasteiger charge is 2.04. The number of amides is 1. The molecular formula is C12H26N2O. The third-order valence-corrected chi connectivity index (χ3v) is 2.82. The third kappa shape index (κ3) is 9.73. The lowest BCUT2D eigenvalue weighted by molar-refractivity contribution is -0.117. The van der Waals surface area contributed by atoms with E-state index in [4.69, 9.17) is 5.73 Å². The second-order valence-corrected chi connectivity index (χ2v) is 4.17. The Labute approximate surface area is 93.8 Å². The van der Waals surface area contributed by atoms with Gasteiger partial charge in [-0.3, -0.25) is 4.79 Å². The standard InChI is InChI=1S/C12H26N2O/c1-3-5-6-11(4-2)7-9-14-10-8-12(13)15/h11,14H,3-10H2,1-2H3,(H2,13,15). The molecule has 0 spiro atoms. The van der Waals surface area contributed by atoms with Crippen LogP contribution in [-0.2, 0) is 4.79 Å². The normalized spacial score (nSPS) is 12.7. The number of primary amides is 1. The lowest BCUT2D eigenvalue weighted by Gasteiger charge is -2.14. The van der Waals surface area contributed by atoms with Crippen molar-refractivity contribution in [3.05, 3.63) is 0 Å². The first-order valence-corrected chi connectivity index (χ1v) is 6.19. The molecule has 0 fully saturated rings. The lowest BCUT2D eigenvalue weighted by atomic mass is 9.96. The van der Waals surface area contributed by atoms with Gasteiger partial charge in [0.05, 0.1) is 0 Å². The van der Waals surface area contributed by atoms with Crippen LogP contribution >= 0.6 is 0 Å². The molecule has 0 bridgehead atoms. The highest BCUT2D eigenvalue weighted by molar-refractivity contribution is 5.73. The summed E-state index contributed by atoms with van der Waals surface area (Å²) >= 11 is 0. The van der Waals surface area contributed by atoms with Gasteiger partial charge in [0.2, 0.25) is 5.91 Å². The molecule has 0 saturated carbocycles. The number of carbonyl (C=O) groups is 1. The Balaban J connectivity index is 3.33. The molecule has 1 amide bonds. The van der Waals surface area contributed by atoms with Gasteiger partial charge in [-0.05, 0) is 18.9 Å². The number of unbranched alkanes of at least 4 members (excludes halogenated alkanes) is 1. The zero-order valence-corrected chi connectivity index (χ0v) is 10.2. The van der Waals surface area contributed by atoms with E-state index < -0.39 is 0 Å². The van der Waals surface area contributed by atoms with Crippen molar-refractivity contribution in [1.82, 2.24) is 5.32 Å². The van der Waals surface area contributed by atoms with Crippen molar-refractivity contribution < 1.29 is 4.79 Å². The molecule has 0 aliphatic heterocycles. The van der Waals surface area contributed by atoms with E-state index in [2.05, 4.69) is 19.2 Å². The van der Waals surface area contributed by atoms with Crippen molar-refractivity contribution in [2.45, 2.75) is 52.4 Å². The molecule has 0 aromatic rings. The lowest BCUT2D eigenvalue weighted by Crippen LogP contribution is -2.24. The van der Waals surface area contributed by atoms with Crippen LogP contribution in [-0.4, -0.2) is 19.0 Å². The van der Waals surface area contributed by atoms with E-state index in [1.165, 1.54) is 32.1 Å². The van der Waals surface area contributed by atoms with E-state index in [0.717, 1.165) is 19.0 Å². The van der Waals surface area contributed by atoms with E-state index in [0.29, 0.717) is 6.42 Å². The first kappa shape index (κ1) is 14.4. The minimum absolute atomic E-state index is 0.222. The van der Waals surface area contributed by atoms with Gasteiger partial charge in [0, 0.05) is 13.0 Å². The molecule has 0 rings (SSSR count). The van der Waals surface area contributed by atoms with Crippen LogP contribution in [0.15, 0.2) is 0 Å². The molecule has 3 N–H and O–H groups in total. The molecule has 0 radical (unpaired) electrons. The Bertz CT molecular complexity index is 160. The summed E-state index contributed by atoms with van der Waals surface area (Å²) in [6.45, 7) is 6.22. The molecule has 15 heavy (non-hydrogen) atoms. The first-order valence-electron chi connectivity index (χ1n) is 6.19. The predicted octanol–water partition coefficient (Wildman–Crippen LogP) is 2.06. The number of hydrogen-bond donors (Lipinski definition) is 2. The monoisotopic (exact) mass is 214 g/mol. The minimum Gasteiger partial charge on any atom is -0.370 e. The van der Waals surface area contributed by atoms with Crippen molar-refractivity contribution in [3.63, 3.8) is 0 Å². The van der Waals surface area contributed by atoms with E-state index in [1.807, 2.05) is 0 Å². The van der Waals surface area contributed by atoms with Gasteiger partial charge in [-0.1, -0.05) is 39.5 Å². The second kappa shape index (κ2) is 9.97. The van der Waals surface area contributed by atoms with Gasteiger partial charge in [-0.25, -0.2) is 0 Å². The molecule has 90 valence electrons. The van der Waals surface area contributed by atoms with Crippen LogP contribution in [0.3, 0.4) is 0 Å². The van der Waals surface area contributed by atoms with Gasteiger partial charge in [-0.2, -0.15) is 0 Å². The van der Waals surface area contributed by atoms with Crippen molar-refractivity contribution in [1.29, 1.82) is 0 Å². The maximum atomic E-state index is 10.5. The Hall–Kier alpha value is -0.570. The van der Waals surface area contributed by atoms with E-state index in [-0.39, 0.29) is 5.91 Å². The number of rotatable bonds is 10. The van der Waals surface area contributed by atoms with Crippen LogP contribution in [0, 0.1) is 5.92 Å². The molecule has 1 unspecified atom stereocenters. The smallest absolute Gasteiger partial charge is 0.218 e. The van der Waals surface area contributed by atoms with Gasteiger partial charge in [0.15, 0.2) is 0 Å². The molecule has 1 atom stereocenters. The van der Waals surface area contributed by atoms with Crippen molar-refractivity contribution in [2.75, 3.05) is 13.1 Å². The van der Waals surface area contributed by atoms with Crippen molar-refractivity contribution in [2.24, 2.45) is 11.7 Å². The Morgan fingerprint density at radius 2 is 2.00 bits per heavy atom. The zero-order chi connectivity index (χ0) is 11.5. The molecule has 0 heterocycles. The van der Waals surface area contributed by atoms with Crippen LogP contribution in [0.25, 0.3) is 0 Å². The topological polar surface area (TPSA) is 55.1 Å². The van der Waals surface area contributed by atoms with Crippen molar-refractivity contribution in [3.8, 4) is 0 Å². The summed E-state index contributed by atoms with van der Waals surface area (Å²) < 4.78 is 0. The van der Waals surface area contributed by atoms with Crippen LogP contribution in [0.1, 0.15) is 52.4 Å². The fourth-order valence-corrected chi connectivity index (χ4v) is 1.69. The summed E-state index contributed by atoms with van der Waals surface area (Å²) in [7, 11) is 0. The summed E-state index contributed by atoms with van der Waals surface area (Å²) in [5, 5.41) is 3.26. The van der Waals surface area contributed by atoms with E-state index in [9.17, 15) is 4.79 Å². The third-order valence-electron chi connectivity index (χ3n) is 2.82. The molecule has 0 aromatic carbocycles. The van der Waals surface area contributed by atoms with Gasteiger partial charge >= 0.3 is 0 Å². The van der Waals surface area contributed by atoms with Gasteiger partial charge in [-0.15, -0.1) is 0 Å². The fourth-order valence-electron chi connectivity index (χ4n) is 1.69. The first-order chi connectivity index (χ1) is 7.20. The molecule has 3 nitrogen and oxygen atoms in total. The maximum absolute atomic E-state index is 10.5. The van der Waals surface area contributed by atoms with Gasteiger partial charge < -0.3 is 11.1 Å². The average molecular weight is 214 g/mol. The molecule has 0 aliphatic rings. The number of nitrogens with one attached hydrogen (secondary N) is 1. The van der Waals surface area contributed by atoms with Crippen LogP contribution in [0.2, 0.25) is 0 Å². The Kier molecular flexibility index (Phi) is 9.59. The zero-order valence-electron chi connectivity index (χ0n) is 10.2. The maximum Gasteiger partial charge on any atom is 0.218 e. The van der Waals surface area contributed by atoms with Crippen LogP contribution in [0.4, 0.5) is 0 Å². The van der Waals surface area contributed by atoms with E-state index >= 15 is 0 Å². The minimum atomic E-state index is -0.222. The van der Waals surface area contributed by atoms with Crippen LogP contribution in [0.5, 0.6) is 0 Å². The van der Waals surface area contributed by atoms with Gasteiger partial charge in [0.25, 0.3) is 0 Å². The molecule has 0 saturated heterocycles. The summed E-state index contributed by atoms with van der Waals surface area (Å²) in [5.41, 5.74) is 5.05. The second-order valence-electron chi connectivity index (χ2n) is 4.17. The van der Waals surface area contributed by atoms with E-state index in [1.54, 1.807) is 0 Å². The predicted molar refractivity (Wildman–Crippen MR) is 64.6 cm³/mol. The molecule has 3 heteroatoms. The summed E-state index contributed by atoms with van der Waals surface area (Å²) in [6.07, 6.45) is 6.88. The molecule has 0 aliphatic carbocycles. The summed E-state index contributed by atoms with van der Waals surface area (Å²) in [6, 6.07) is 0. The number of hydrogen-bond acceptors (Lipinski definition) is 2. The highest BCUT2D eigenvalue weighted by atomic mass is 16.1. The number of nitrogens with two attached hydrogens (primary N) is 1. The highest BCUT2D eigenvalue weighted by Crippen LogP contribution is 2.15. The Morgan fingerprint density at radius 1 is 1.27 bits per heavy atom. The van der Waals surface area contributed by atoms with Crippen molar-refractivity contribution >= 4 is 5.91 Å². The molecular weight excluding hydrogens is 188 g/mol. The summed E-state index contributed by atoms with van der Waals surface area (Å²) in [5.74, 6) is 0.617. The fraction of sp³-hybridized carbons (Fsp3) is 0.917. The summed E-state index contributed by atoms with van der Waals surface area (Å²) in [4.78, 5) is 10.5. The largest absolute Gasteiger partial charge is 0.370 e.